The van der Waals surface area contributed by atoms with Crippen LogP contribution in [0.4, 0.5) is 0 Å². The Morgan fingerprint density at radius 1 is 1.18 bits per heavy atom. The second kappa shape index (κ2) is 7.09. The van der Waals surface area contributed by atoms with Crippen LogP contribution in [0.15, 0.2) is 47.8 Å². The predicted octanol–water partition coefficient (Wildman–Crippen LogP) is 2.49. The van der Waals surface area contributed by atoms with E-state index in [1.165, 1.54) is 18.4 Å². The van der Waals surface area contributed by atoms with Gasteiger partial charge in [0.1, 0.15) is 12.4 Å². The van der Waals surface area contributed by atoms with Gasteiger partial charge in [-0.1, -0.05) is 24.3 Å². The summed E-state index contributed by atoms with van der Waals surface area (Å²) in [6, 6.07) is 12.5. The molecule has 0 aliphatic rings. The molecule has 1 aromatic heterocycles. The Hall–Kier alpha value is -2.34. The molecular weight excluding hydrogens is 302 g/mol. The number of esters is 1. The van der Waals surface area contributed by atoms with Crippen LogP contribution >= 0.6 is 11.3 Å². The molecule has 1 atom stereocenters. The predicted molar refractivity (Wildman–Crippen MR) is 84.1 cm³/mol. The maximum Gasteiger partial charge on any atom is 0.334 e. The molecule has 1 amide bonds. The van der Waals surface area contributed by atoms with E-state index in [4.69, 9.17) is 9.47 Å². The van der Waals surface area contributed by atoms with Crippen molar-refractivity contribution >= 4 is 23.2 Å². The highest BCUT2D eigenvalue weighted by atomic mass is 32.1. The van der Waals surface area contributed by atoms with Gasteiger partial charge in [-0.25, -0.2) is 4.79 Å². The first kappa shape index (κ1) is 16.0. The first-order chi connectivity index (χ1) is 10.5. The Labute approximate surface area is 132 Å². The van der Waals surface area contributed by atoms with E-state index in [1.54, 1.807) is 36.6 Å². The molecule has 22 heavy (non-hydrogen) atoms. The fraction of sp³-hybridized carbons (Fsp3) is 0.250. The zero-order chi connectivity index (χ0) is 16.0. The van der Waals surface area contributed by atoms with Gasteiger partial charge in [0.25, 0.3) is 5.91 Å². The minimum absolute atomic E-state index is 0.0270. The Morgan fingerprint density at radius 2 is 1.91 bits per heavy atom. The summed E-state index contributed by atoms with van der Waals surface area (Å²) in [5.74, 6) is -0.282. The van der Waals surface area contributed by atoms with E-state index in [0.29, 0.717) is 10.6 Å². The molecule has 0 aliphatic heterocycles. The van der Waals surface area contributed by atoms with Crippen LogP contribution in [-0.4, -0.2) is 31.1 Å². The number of rotatable bonds is 6. The van der Waals surface area contributed by atoms with Gasteiger partial charge in [-0.3, -0.25) is 4.79 Å². The van der Waals surface area contributed by atoms with Crippen LogP contribution in [0.2, 0.25) is 0 Å². The lowest BCUT2D eigenvalue weighted by Gasteiger charge is -2.27. The number of nitrogens with one attached hydrogen (secondary N) is 1. The van der Waals surface area contributed by atoms with Gasteiger partial charge in [0, 0.05) is 0 Å². The second-order valence-corrected chi connectivity index (χ2v) is 5.80. The maximum absolute atomic E-state index is 12.2. The molecule has 0 bridgehead atoms. The summed E-state index contributed by atoms with van der Waals surface area (Å²) in [4.78, 5) is 24.8. The highest BCUT2D eigenvalue weighted by Gasteiger charge is 2.37. The molecule has 0 spiro atoms. The molecule has 2 rings (SSSR count). The number of thiophene rings is 1. The van der Waals surface area contributed by atoms with Gasteiger partial charge in [0.15, 0.2) is 5.54 Å². The van der Waals surface area contributed by atoms with Crippen molar-refractivity contribution in [2.75, 3.05) is 13.7 Å². The van der Waals surface area contributed by atoms with Crippen LogP contribution in [0.5, 0.6) is 5.75 Å². The lowest BCUT2D eigenvalue weighted by atomic mass is 10.0. The summed E-state index contributed by atoms with van der Waals surface area (Å²) >= 11 is 1.30. The van der Waals surface area contributed by atoms with Gasteiger partial charge < -0.3 is 14.8 Å². The average molecular weight is 319 g/mol. The first-order valence-corrected chi connectivity index (χ1v) is 7.55. The fourth-order valence-electron chi connectivity index (χ4n) is 1.84. The molecule has 0 saturated heterocycles. The highest BCUT2D eigenvalue weighted by molar-refractivity contribution is 7.12. The van der Waals surface area contributed by atoms with Crippen molar-refractivity contribution in [2.45, 2.75) is 12.5 Å². The number of para-hydroxylation sites is 1. The van der Waals surface area contributed by atoms with Crippen molar-refractivity contribution in [3.8, 4) is 5.75 Å². The third-order valence-electron chi connectivity index (χ3n) is 3.04. The van der Waals surface area contributed by atoms with E-state index < -0.39 is 11.5 Å². The Morgan fingerprint density at radius 3 is 2.50 bits per heavy atom. The smallest absolute Gasteiger partial charge is 0.334 e. The third kappa shape index (κ3) is 3.85. The molecule has 2 aromatic rings. The van der Waals surface area contributed by atoms with Crippen LogP contribution in [0, 0.1) is 0 Å². The fourth-order valence-corrected chi connectivity index (χ4v) is 2.45. The van der Waals surface area contributed by atoms with E-state index in [1.807, 2.05) is 18.2 Å². The molecule has 1 aromatic carbocycles. The van der Waals surface area contributed by atoms with Gasteiger partial charge in [-0.2, -0.15) is 0 Å². The van der Waals surface area contributed by atoms with Gasteiger partial charge in [0.2, 0.25) is 0 Å². The van der Waals surface area contributed by atoms with Crippen molar-refractivity contribution in [3.63, 3.8) is 0 Å². The molecule has 1 heterocycles. The van der Waals surface area contributed by atoms with E-state index in [9.17, 15) is 9.59 Å². The standard InChI is InChI=1S/C16H17NO4S/c1-16(15(19)20-2,11-21-12-7-4-3-5-8-12)17-14(18)13-9-6-10-22-13/h3-10H,11H2,1-2H3,(H,17,18)/t16-/m1/s1. The summed E-state index contributed by atoms with van der Waals surface area (Å²) in [6.45, 7) is 1.55. The lowest BCUT2D eigenvalue weighted by Crippen LogP contribution is -2.56. The van der Waals surface area contributed by atoms with E-state index in [-0.39, 0.29) is 12.5 Å². The maximum atomic E-state index is 12.2. The van der Waals surface area contributed by atoms with Crippen LogP contribution in [-0.2, 0) is 9.53 Å². The number of ether oxygens (including phenoxy) is 2. The number of carbonyl (C=O) groups is 2. The van der Waals surface area contributed by atoms with Gasteiger partial charge in [-0.05, 0) is 30.5 Å². The van der Waals surface area contributed by atoms with Crippen molar-refractivity contribution < 1.29 is 19.1 Å². The number of amides is 1. The molecule has 0 radical (unpaired) electrons. The third-order valence-corrected chi connectivity index (χ3v) is 3.91. The molecule has 116 valence electrons. The van der Waals surface area contributed by atoms with E-state index in [0.717, 1.165) is 0 Å². The van der Waals surface area contributed by atoms with Crippen molar-refractivity contribution in [1.29, 1.82) is 0 Å². The average Bonchev–Trinajstić information content (AvgIpc) is 3.08. The molecule has 0 fully saturated rings. The molecule has 1 N–H and O–H groups in total. The Balaban J connectivity index is 2.10. The largest absolute Gasteiger partial charge is 0.491 e. The second-order valence-electron chi connectivity index (χ2n) is 4.86. The highest BCUT2D eigenvalue weighted by Crippen LogP contribution is 2.16. The van der Waals surface area contributed by atoms with Gasteiger partial charge >= 0.3 is 5.97 Å². The SMILES string of the molecule is COC(=O)[C@@](C)(COc1ccccc1)NC(=O)c1cccs1. The van der Waals surface area contributed by atoms with Crippen molar-refractivity contribution in [2.24, 2.45) is 0 Å². The quantitative estimate of drug-likeness (QED) is 0.831. The topological polar surface area (TPSA) is 64.6 Å². The van der Waals surface area contributed by atoms with Crippen LogP contribution < -0.4 is 10.1 Å². The zero-order valence-electron chi connectivity index (χ0n) is 12.4. The minimum Gasteiger partial charge on any atom is -0.491 e. The molecule has 0 aliphatic carbocycles. The molecule has 6 heteroatoms. The van der Waals surface area contributed by atoms with Crippen LogP contribution in [0.1, 0.15) is 16.6 Å². The first-order valence-electron chi connectivity index (χ1n) is 6.67. The molecule has 0 saturated carbocycles. The van der Waals surface area contributed by atoms with E-state index >= 15 is 0 Å². The van der Waals surface area contributed by atoms with Crippen LogP contribution in [0.25, 0.3) is 0 Å². The molecule has 0 unspecified atom stereocenters. The van der Waals surface area contributed by atoms with Crippen LogP contribution in [0.3, 0.4) is 0 Å². The van der Waals surface area contributed by atoms with Gasteiger partial charge in [0.05, 0.1) is 12.0 Å². The zero-order valence-corrected chi connectivity index (χ0v) is 13.2. The Bertz CT molecular complexity index is 627. The summed E-state index contributed by atoms with van der Waals surface area (Å²) in [5, 5.41) is 4.49. The monoisotopic (exact) mass is 319 g/mol. The van der Waals surface area contributed by atoms with Crippen molar-refractivity contribution in [3.05, 3.63) is 52.7 Å². The summed E-state index contributed by atoms with van der Waals surface area (Å²) in [6.07, 6.45) is 0. The molecular formula is C16H17NO4S. The van der Waals surface area contributed by atoms with Crippen molar-refractivity contribution in [1.82, 2.24) is 5.32 Å². The van der Waals surface area contributed by atoms with E-state index in [2.05, 4.69) is 5.32 Å². The van der Waals surface area contributed by atoms with Gasteiger partial charge in [-0.15, -0.1) is 11.3 Å². The lowest BCUT2D eigenvalue weighted by molar-refractivity contribution is -0.148. The number of hydrogen-bond donors (Lipinski definition) is 1. The summed E-state index contributed by atoms with van der Waals surface area (Å²) in [7, 11) is 1.28. The number of carbonyl (C=O) groups excluding carboxylic acids is 2. The number of hydrogen-bond acceptors (Lipinski definition) is 5. The Kier molecular flexibility index (Phi) is 5.16. The summed E-state index contributed by atoms with van der Waals surface area (Å²) < 4.78 is 10.4. The summed E-state index contributed by atoms with van der Waals surface area (Å²) in [5.41, 5.74) is -1.27. The minimum atomic E-state index is -1.27. The number of benzene rings is 1. The normalized spacial score (nSPS) is 13.0. The molecule has 5 nitrogen and oxygen atoms in total. The number of methoxy groups -OCH3 is 1.